The highest BCUT2D eigenvalue weighted by Crippen LogP contribution is 2.34. The molecule has 0 aromatic carbocycles. The van der Waals surface area contributed by atoms with Crippen LogP contribution in [-0.2, 0) is 5.88 Å². The zero-order valence-electron chi connectivity index (χ0n) is 7.37. The van der Waals surface area contributed by atoms with Gasteiger partial charge < -0.3 is 0 Å². The highest BCUT2D eigenvalue weighted by atomic mass is 35.5. The number of pyridine rings is 1. The third-order valence-electron chi connectivity index (χ3n) is 2.08. The van der Waals surface area contributed by atoms with Gasteiger partial charge in [0.15, 0.2) is 0 Å². The number of alkyl halides is 1. The van der Waals surface area contributed by atoms with E-state index in [0.717, 1.165) is 16.6 Å². The van der Waals surface area contributed by atoms with Gasteiger partial charge in [-0.3, -0.25) is 0 Å². The number of thioether (sulfide) groups is 1. The summed E-state index contributed by atoms with van der Waals surface area (Å²) in [6, 6.07) is 6.05. The van der Waals surface area contributed by atoms with Gasteiger partial charge >= 0.3 is 0 Å². The van der Waals surface area contributed by atoms with E-state index in [2.05, 4.69) is 11.1 Å². The van der Waals surface area contributed by atoms with Crippen molar-refractivity contribution in [2.45, 2.75) is 23.7 Å². The SMILES string of the molecule is ClCc1cccc(SCC2CC2)n1. The molecule has 1 aromatic rings. The van der Waals surface area contributed by atoms with Crippen molar-refractivity contribution in [3.05, 3.63) is 23.9 Å². The molecular weight excluding hydrogens is 202 g/mol. The Balaban J connectivity index is 1.93. The average molecular weight is 214 g/mol. The molecule has 0 spiro atoms. The number of aromatic nitrogens is 1. The van der Waals surface area contributed by atoms with Crippen molar-refractivity contribution in [1.82, 2.24) is 4.98 Å². The maximum absolute atomic E-state index is 5.70. The fraction of sp³-hybridized carbons (Fsp3) is 0.500. The monoisotopic (exact) mass is 213 g/mol. The third kappa shape index (κ3) is 2.89. The zero-order chi connectivity index (χ0) is 9.10. The molecule has 1 aromatic heterocycles. The Morgan fingerprint density at radius 1 is 1.46 bits per heavy atom. The number of hydrogen-bond donors (Lipinski definition) is 0. The Morgan fingerprint density at radius 3 is 3.00 bits per heavy atom. The third-order valence-corrected chi connectivity index (χ3v) is 3.52. The molecule has 13 heavy (non-hydrogen) atoms. The molecule has 0 bridgehead atoms. The quantitative estimate of drug-likeness (QED) is 0.562. The standard InChI is InChI=1S/C10H12ClNS/c11-6-9-2-1-3-10(12-9)13-7-8-4-5-8/h1-3,8H,4-7H2. The van der Waals surface area contributed by atoms with E-state index in [1.165, 1.54) is 18.6 Å². The minimum atomic E-state index is 0.512. The van der Waals surface area contributed by atoms with E-state index in [-0.39, 0.29) is 0 Å². The first-order chi connectivity index (χ1) is 6.38. The summed E-state index contributed by atoms with van der Waals surface area (Å²) < 4.78 is 0. The predicted molar refractivity (Wildman–Crippen MR) is 57.2 cm³/mol. The second-order valence-electron chi connectivity index (χ2n) is 3.36. The molecule has 0 radical (unpaired) electrons. The van der Waals surface area contributed by atoms with E-state index in [1.807, 2.05) is 23.9 Å². The highest BCUT2D eigenvalue weighted by molar-refractivity contribution is 7.99. The Bertz CT molecular complexity index is 286. The van der Waals surface area contributed by atoms with Crippen molar-refractivity contribution in [3.63, 3.8) is 0 Å². The average Bonchev–Trinajstić information content (AvgIpc) is 2.99. The van der Waals surface area contributed by atoms with Crippen molar-refractivity contribution in [2.24, 2.45) is 5.92 Å². The van der Waals surface area contributed by atoms with Gasteiger partial charge in [0.2, 0.25) is 0 Å². The van der Waals surface area contributed by atoms with Crippen LogP contribution in [0.2, 0.25) is 0 Å². The van der Waals surface area contributed by atoms with Gasteiger partial charge in [0.05, 0.1) is 16.6 Å². The van der Waals surface area contributed by atoms with Gasteiger partial charge in [-0.25, -0.2) is 4.98 Å². The second-order valence-corrected chi connectivity index (χ2v) is 4.66. The fourth-order valence-electron chi connectivity index (χ4n) is 1.10. The molecule has 0 amide bonds. The molecule has 1 fully saturated rings. The summed E-state index contributed by atoms with van der Waals surface area (Å²) in [5, 5.41) is 1.12. The molecule has 1 saturated carbocycles. The van der Waals surface area contributed by atoms with Crippen LogP contribution in [0.3, 0.4) is 0 Å². The predicted octanol–water partition coefficient (Wildman–Crippen LogP) is 3.32. The lowest BCUT2D eigenvalue weighted by Gasteiger charge is -2.00. The zero-order valence-corrected chi connectivity index (χ0v) is 8.94. The Morgan fingerprint density at radius 2 is 2.31 bits per heavy atom. The lowest BCUT2D eigenvalue weighted by atomic mass is 10.4. The molecule has 1 heterocycles. The second kappa shape index (κ2) is 4.34. The summed E-state index contributed by atoms with van der Waals surface area (Å²) in [5.41, 5.74) is 0.975. The number of rotatable bonds is 4. The molecule has 2 rings (SSSR count). The summed E-state index contributed by atoms with van der Waals surface area (Å²) in [7, 11) is 0. The van der Waals surface area contributed by atoms with E-state index in [0.29, 0.717) is 5.88 Å². The van der Waals surface area contributed by atoms with E-state index >= 15 is 0 Å². The number of halogens is 1. The highest BCUT2D eigenvalue weighted by Gasteiger charge is 2.21. The summed E-state index contributed by atoms with van der Waals surface area (Å²) in [6.45, 7) is 0. The van der Waals surface area contributed by atoms with Gasteiger partial charge in [-0.05, 0) is 30.9 Å². The summed E-state index contributed by atoms with van der Waals surface area (Å²) in [5.74, 6) is 2.68. The van der Waals surface area contributed by atoms with E-state index in [1.54, 1.807) is 0 Å². The van der Waals surface area contributed by atoms with Crippen molar-refractivity contribution in [1.29, 1.82) is 0 Å². The van der Waals surface area contributed by atoms with Gasteiger partial charge in [0.25, 0.3) is 0 Å². The van der Waals surface area contributed by atoms with Crippen molar-refractivity contribution in [2.75, 3.05) is 5.75 Å². The topological polar surface area (TPSA) is 12.9 Å². The van der Waals surface area contributed by atoms with Crippen LogP contribution >= 0.6 is 23.4 Å². The van der Waals surface area contributed by atoms with Gasteiger partial charge in [-0.2, -0.15) is 0 Å². The van der Waals surface area contributed by atoms with Gasteiger partial charge in [0.1, 0.15) is 0 Å². The van der Waals surface area contributed by atoms with Crippen LogP contribution in [0.15, 0.2) is 23.2 Å². The van der Waals surface area contributed by atoms with Crippen molar-refractivity contribution < 1.29 is 0 Å². The summed E-state index contributed by atoms with van der Waals surface area (Å²) >= 11 is 7.55. The minimum absolute atomic E-state index is 0.512. The van der Waals surface area contributed by atoms with Gasteiger partial charge in [-0.1, -0.05) is 6.07 Å². The Kier molecular flexibility index (Phi) is 3.12. The van der Waals surface area contributed by atoms with Crippen molar-refractivity contribution in [3.8, 4) is 0 Å². The normalized spacial score (nSPS) is 16.1. The van der Waals surface area contributed by atoms with Gasteiger partial charge in [-0.15, -0.1) is 23.4 Å². The smallest absolute Gasteiger partial charge is 0.0963 e. The summed E-state index contributed by atoms with van der Waals surface area (Å²) in [4.78, 5) is 4.42. The lowest BCUT2D eigenvalue weighted by molar-refractivity contribution is 0.986. The van der Waals surface area contributed by atoms with Crippen molar-refractivity contribution >= 4 is 23.4 Å². The largest absolute Gasteiger partial charge is 0.245 e. The van der Waals surface area contributed by atoms with E-state index in [4.69, 9.17) is 11.6 Å². The molecule has 1 nitrogen and oxygen atoms in total. The van der Waals surface area contributed by atoms with E-state index < -0.39 is 0 Å². The Labute approximate surface area is 87.9 Å². The van der Waals surface area contributed by atoms with E-state index in [9.17, 15) is 0 Å². The molecule has 1 aliphatic rings. The number of hydrogen-bond acceptors (Lipinski definition) is 2. The molecule has 70 valence electrons. The van der Waals surface area contributed by atoms with Crippen LogP contribution in [0, 0.1) is 5.92 Å². The fourth-order valence-corrected chi connectivity index (χ4v) is 2.35. The van der Waals surface area contributed by atoms with Crippen LogP contribution in [-0.4, -0.2) is 10.7 Å². The molecule has 0 aliphatic heterocycles. The molecule has 1 aliphatic carbocycles. The minimum Gasteiger partial charge on any atom is -0.245 e. The summed E-state index contributed by atoms with van der Waals surface area (Å²) in [6.07, 6.45) is 2.81. The maximum atomic E-state index is 5.70. The molecular formula is C10H12ClNS. The van der Waals surface area contributed by atoms with Crippen LogP contribution in [0.4, 0.5) is 0 Å². The van der Waals surface area contributed by atoms with Crippen LogP contribution in [0.1, 0.15) is 18.5 Å². The Hall–Kier alpha value is -0.210. The molecule has 0 saturated heterocycles. The van der Waals surface area contributed by atoms with Crippen LogP contribution in [0.25, 0.3) is 0 Å². The van der Waals surface area contributed by atoms with Crippen LogP contribution in [0.5, 0.6) is 0 Å². The lowest BCUT2D eigenvalue weighted by Crippen LogP contribution is -1.88. The first-order valence-electron chi connectivity index (χ1n) is 4.53. The molecule has 0 unspecified atom stereocenters. The molecule has 0 atom stereocenters. The van der Waals surface area contributed by atoms with Crippen LogP contribution < -0.4 is 0 Å². The maximum Gasteiger partial charge on any atom is 0.0963 e. The van der Waals surface area contributed by atoms with Gasteiger partial charge in [0, 0.05) is 5.75 Å². The first-order valence-corrected chi connectivity index (χ1v) is 6.05. The number of nitrogens with zero attached hydrogens (tertiary/aromatic N) is 1. The molecule has 3 heteroatoms. The molecule has 0 N–H and O–H groups in total. The first kappa shape index (κ1) is 9.35.